The summed E-state index contributed by atoms with van der Waals surface area (Å²) in [5, 5.41) is 0. The van der Waals surface area contributed by atoms with Gasteiger partial charge in [0.2, 0.25) is 0 Å². The third kappa shape index (κ3) is 4.75. The summed E-state index contributed by atoms with van der Waals surface area (Å²) in [7, 11) is 0. The van der Waals surface area contributed by atoms with Crippen molar-refractivity contribution in [3.05, 3.63) is 0 Å². The fourth-order valence-corrected chi connectivity index (χ4v) is 4.05. The number of nitrogens with two attached hydrogens (primary N) is 1. The molecule has 0 aromatic heterocycles. The van der Waals surface area contributed by atoms with Crippen molar-refractivity contribution in [3.63, 3.8) is 0 Å². The molecule has 2 fully saturated rings. The zero-order chi connectivity index (χ0) is 13.7. The van der Waals surface area contributed by atoms with Crippen LogP contribution >= 0.6 is 0 Å². The quantitative estimate of drug-likeness (QED) is 0.843. The Balaban J connectivity index is 1.71. The summed E-state index contributed by atoms with van der Waals surface area (Å²) >= 11 is 0. The molecule has 1 unspecified atom stereocenters. The number of hydrogen-bond acceptors (Lipinski definition) is 2. The van der Waals surface area contributed by atoms with Crippen molar-refractivity contribution in [2.45, 2.75) is 58.8 Å². The van der Waals surface area contributed by atoms with E-state index in [4.69, 9.17) is 5.73 Å². The summed E-state index contributed by atoms with van der Waals surface area (Å²) in [5.41, 5.74) is 5.79. The lowest BCUT2D eigenvalue weighted by molar-refractivity contribution is 0.183. The van der Waals surface area contributed by atoms with Gasteiger partial charge in [-0.15, -0.1) is 0 Å². The predicted octanol–water partition coefficient (Wildman–Crippen LogP) is 3.51. The Labute approximate surface area is 120 Å². The van der Waals surface area contributed by atoms with Crippen molar-refractivity contribution in [1.82, 2.24) is 4.90 Å². The van der Waals surface area contributed by atoms with E-state index in [1.54, 1.807) is 0 Å². The van der Waals surface area contributed by atoms with Gasteiger partial charge in [-0.25, -0.2) is 0 Å². The van der Waals surface area contributed by atoms with Gasteiger partial charge in [0.1, 0.15) is 0 Å². The van der Waals surface area contributed by atoms with Crippen LogP contribution in [0.3, 0.4) is 0 Å². The first-order chi connectivity index (χ1) is 9.19. The summed E-state index contributed by atoms with van der Waals surface area (Å²) in [6, 6.07) is 0. The highest BCUT2D eigenvalue weighted by Gasteiger charge is 2.24. The molecule has 2 aliphatic rings. The van der Waals surface area contributed by atoms with E-state index in [1.807, 2.05) is 0 Å². The zero-order valence-electron chi connectivity index (χ0n) is 13.1. The lowest BCUT2D eigenvalue weighted by Gasteiger charge is -2.32. The Morgan fingerprint density at radius 1 is 0.947 bits per heavy atom. The number of hydrogen-bond donors (Lipinski definition) is 1. The fraction of sp³-hybridized carbons (Fsp3) is 1.00. The molecule has 2 rings (SSSR count). The van der Waals surface area contributed by atoms with Gasteiger partial charge in [-0.2, -0.15) is 0 Å². The molecule has 19 heavy (non-hydrogen) atoms. The lowest BCUT2D eigenvalue weighted by Crippen LogP contribution is -2.33. The monoisotopic (exact) mass is 266 g/mol. The standard InChI is InChI=1S/C17H34N2/c1-14(2)17-4-3-10-19(11-9-17)13-16-7-5-15(12-18)6-8-16/h14-17H,3-13,18H2,1-2H3. The molecule has 1 heterocycles. The van der Waals surface area contributed by atoms with Crippen molar-refractivity contribution in [3.8, 4) is 0 Å². The van der Waals surface area contributed by atoms with Gasteiger partial charge in [0.05, 0.1) is 0 Å². The number of rotatable bonds is 4. The van der Waals surface area contributed by atoms with E-state index in [1.165, 1.54) is 64.6 Å². The van der Waals surface area contributed by atoms with E-state index in [-0.39, 0.29) is 0 Å². The van der Waals surface area contributed by atoms with Gasteiger partial charge in [0.15, 0.2) is 0 Å². The number of likely N-dealkylation sites (tertiary alicyclic amines) is 1. The normalized spacial score (nSPS) is 34.4. The molecule has 0 amide bonds. The third-order valence-corrected chi connectivity index (χ3v) is 5.62. The smallest absolute Gasteiger partial charge is 0.000966 e. The van der Waals surface area contributed by atoms with Gasteiger partial charge in [-0.1, -0.05) is 13.8 Å². The van der Waals surface area contributed by atoms with Gasteiger partial charge < -0.3 is 10.6 Å². The molecule has 0 bridgehead atoms. The second-order valence-corrected chi connectivity index (χ2v) is 7.36. The Morgan fingerprint density at radius 2 is 1.63 bits per heavy atom. The van der Waals surface area contributed by atoms with Gasteiger partial charge in [-0.05, 0) is 88.3 Å². The zero-order valence-corrected chi connectivity index (χ0v) is 13.1. The first-order valence-electron chi connectivity index (χ1n) is 8.61. The Hall–Kier alpha value is -0.0800. The average molecular weight is 266 g/mol. The maximum absolute atomic E-state index is 5.79. The van der Waals surface area contributed by atoms with Crippen LogP contribution in [0.4, 0.5) is 0 Å². The summed E-state index contributed by atoms with van der Waals surface area (Å²) in [6.07, 6.45) is 9.90. The van der Waals surface area contributed by atoms with Crippen molar-refractivity contribution < 1.29 is 0 Å². The topological polar surface area (TPSA) is 29.3 Å². The molecule has 2 heteroatoms. The third-order valence-electron chi connectivity index (χ3n) is 5.62. The van der Waals surface area contributed by atoms with E-state index >= 15 is 0 Å². The van der Waals surface area contributed by atoms with E-state index in [0.29, 0.717) is 0 Å². The van der Waals surface area contributed by atoms with E-state index in [0.717, 1.165) is 30.2 Å². The molecular weight excluding hydrogens is 232 g/mol. The van der Waals surface area contributed by atoms with Crippen LogP contribution in [0.15, 0.2) is 0 Å². The van der Waals surface area contributed by atoms with Crippen LogP contribution in [-0.4, -0.2) is 31.1 Å². The molecule has 0 spiro atoms. The van der Waals surface area contributed by atoms with Crippen LogP contribution in [-0.2, 0) is 0 Å². The van der Waals surface area contributed by atoms with Gasteiger partial charge >= 0.3 is 0 Å². The Kier molecular flexibility index (Phi) is 6.15. The highest BCUT2D eigenvalue weighted by Crippen LogP contribution is 2.30. The maximum Gasteiger partial charge on any atom is 0.000966 e. The average Bonchev–Trinajstić information content (AvgIpc) is 2.65. The van der Waals surface area contributed by atoms with Crippen LogP contribution in [0.25, 0.3) is 0 Å². The largest absolute Gasteiger partial charge is 0.330 e. The van der Waals surface area contributed by atoms with Gasteiger partial charge in [0.25, 0.3) is 0 Å². The highest BCUT2D eigenvalue weighted by molar-refractivity contribution is 4.78. The molecule has 1 aliphatic heterocycles. The van der Waals surface area contributed by atoms with Crippen molar-refractivity contribution in [1.29, 1.82) is 0 Å². The molecule has 2 N–H and O–H groups in total. The molecule has 2 nitrogen and oxygen atoms in total. The van der Waals surface area contributed by atoms with Crippen LogP contribution in [0.1, 0.15) is 58.8 Å². The van der Waals surface area contributed by atoms with Crippen molar-refractivity contribution >= 4 is 0 Å². The molecule has 112 valence electrons. The van der Waals surface area contributed by atoms with Crippen molar-refractivity contribution in [2.75, 3.05) is 26.2 Å². The molecular formula is C17H34N2. The summed E-state index contributed by atoms with van der Waals surface area (Å²) < 4.78 is 0. The van der Waals surface area contributed by atoms with Crippen LogP contribution in [0.2, 0.25) is 0 Å². The Bertz CT molecular complexity index is 244. The Morgan fingerprint density at radius 3 is 2.26 bits per heavy atom. The minimum Gasteiger partial charge on any atom is -0.330 e. The minimum atomic E-state index is 0.825. The molecule has 0 aromatic carbocycles. The van der Waals surface area contributed by atoms with Gasteiger partial charge in [-0.3, -0.25) is 0 Å². The van der Waals surface area contributed by atoms with Crippen LogP contribution in [0.5, 0.6) is 0 Å². The SMILES string of the molecule is CC(C)C1CCCN(CC2CCC(CN)CC2)CC1. The first kappa shape index (κ1) is 15.3. The van der Waals surface area contributed by atoms with Gasteiger partial charge in [0, 0.05) is 6.54 Å². The maximum atomic E-state index is 5.79. The van der Waals surface area contributed by atoms with Crippen LogP contribution in [0, 0.1) is 23.7 Å². The molecule has 1 aliphatic carbocycles. The lowest BCUT2D eigenvalue weighted by atomic mass is 9.82. The predicted molar refractivity (Wildman–Crippen MR) is 83.1 cm³/mol. The summed E-state index contributed by atoms with van der Waals surface area (Å²) in [6.45, 7) is 9.76. The second kappa shape index (κ2) is 7.64. The fourth-order valence-electron chi connectivity index (χ4n) is 4.05. The van der Waals surface area contributed by atoms with E-state index in [9.17, 15) is 0 Å². The van der Waals surface area contributed by atoms with Crippen LogP contribution < -0.4 is 5.73 Å². The number of nitrogens with zero attached hydrogens (tertiary/aromatic N) is 1. The molecule has 0 aromatic rings. The molecule has 0 radical (unpaired) electrons. The minimum absolute atomic E-state index is 0.825. The highest BCUT2D eigenvalue weighted by atomic mass is 15.1. The van der Waals surface area contributed by atoms with Crippen molar-refractivity contribution in [2.24, 2.45) is 29.4 Å². The molecule has 1 saturated carbocycles. The second-order valence-electron chi connectivity index (χ2n) is 7.36. The molecule has 1 saturated heterocycles. The summed E-state index contributed by atoms with van der Waals surface area (Å²) in [5.74, 6) is 3.63. The first-order valence-corrected chi connectivity index (χ1v) is 8.61. The van der Waals surface area contributed by atoms with E-state index < -0.39 is 0 Å². The molecule has 1 atom stereocenters. The summed E-state index contributed by atoms with van der Waals surface area (Å²) in [4.78, 5) is 2.76. The van der Waals surface area contributed by atoms with E-state index in [2.05, 4.69) is 18.7 Å².